The van der Waals surface area contributed by atoms with Crippen LogP contribution in [0.2, 0.25) is 0 Å². The summed E-state index contributed by atoms with van der Waals surface area (Å²) < 4.78 is 0. The van der Waals surface area contributed by atoms with Crippen molar-refractivity contribution in [2.75, 3.05) is 6.54 Å². The second kappa shape index (κ2) is 2.43. The molecule has 1 heteroatoms. The molecule has 0 saturated heterocycles. The Labute approximate surface area is 61.1 Å². The summed E-state index contributed by atoms with van der Waals surface area (Å²) in [5.74, 6) is 0. The maximum absolute atomic E-state index is 4.30. The molecule has 1 nitrogen and oxygen atoms in total. The summed E-state index contributed by atoms with van der Waals surface area (Å²) in [5.41, 5.74) is 2.71. The molecule has 10 heavy (non-hydrogen) atoms. The van der Waals surface area contributed by atoms with E-state index >= 15 is 0 Å². The molecule has 1 heterocycles. The standard InChI is InChI=1S/C9H9N/c1-2-4-9-7-10-6-5-8(9)3-1/h1-2,4H,5-7H2. The van der Waals surface area contributed by atoms with Crippen LogP contribution in [0.3, 0.4) is 0 Å². The molecule has 1 aliphatic rings. The van der Waals surface area contributed by atoms with Crippen molar-refractivity contribution in [1.29, 1.82) is 0 Å². The van der Waals surface area contributed by atoms with Crippen LogP contribution in [0.4, 0.5) is 0 Å². The van der Waals surface area contributed by atoms with Gasteiger partial charge in [-0.2, -0.15) is 0 Å². The van der Waals surface area contributed by atoms with Crippen molar-refractivity contribution in [3.05, 3.63) is 35.4 Å². The number of benzene rings is 1. The summed E-state index contributed by atoms with van der Waals surface area (Å²) >= 11 is 0. The number of fused-ring (bicyclic) bond motifs is 1. The van der Waals surface area contributed by atoms with Crippen LogP contribution in [0.5, 0.6) is 0 Å². The van der Waals surface area contributed by atoms with Gasteiger partial charge >= 0.3 is 0 Å². The molecule has 0 atom stereocenters. The SMILES string of the molecule is [c]1cccc2c1CC[N]C2. The zero-order valence-electron chi connectivity index (χ0n) is 5.80. The molecule has 0 fully saturated rings. The van der Waals surface area contributed by atoms with Crippen LogP contribution in [0.1, 0.15) is 11.1 Å². The van der Waals surface area contributed by atoms with E-state index in [-0.39, 0.29) is 0 Å². The average molecular weight is 131 g/mol. The minimum Gasteiger partial charge on any atom is -0.237 e. The molecule has 1 aliphatic heterocycles. The first-order valence-corrected chi connectivity index (χ1v) is 3.58. The molecule has 0 aliphatic carbocycles. The Balaban J connectivity index is 2.41. The Kier molecular flexibility index (Phi) is 1.44. The first-order chi connectivity index (χ1) is 4.97. The largest absolute Gasteiger partial charge is 0.237 e. The highest BCUT2D eigenvalue weighted by atomic mass is 14.9. The van der Waals surface area contributed by atoms with E-state index in [1.807, 2.05) is 12.1 Å². The van der Waals surface area contributed by atoms with Crippen molar-refractivity contribution in [1.82, 2.24) is 5.32 Å². The maximum Gasteiger partial charge on any atom is 0.0387 e. The van der Waals surface area contributed by atoms with Crippen LogP contribution in [-0.4, -0.2) is 6.54 Å². The highest BCUT2D eigenvalue weighted by Crippen LogP contribution is 2.11. The molecule has 50 valence electrons. The van der Waals surface area contributed by atoms with E-state index in [9.17, 15) is 0 Å². The van der Waals surface area contributed by atoms with Crippen molar-refractivity contribution < 1.29 is 0 Å². The van der Waals surface area contributed by atoms with Crippen molar-refractivity contribution in [2.24, 2.45) is 0 Å². The highest BCUT2D eigenvalue weighted by Gasteiger charge is 2.06. The van der Waals surface area contributed by atoms with Crippen LogP contribution in [0.25, 0.3) is 0 Å². The van der Waals surface area contributed by atoms with E-state index in [4.69, 9.17) is 0 Å². The van der Waals surface area contributed by atoms with Gasteiger partial charge in [0.2, 0.25) is 0 Å². The minimum absolute atomic E-state index is 0.896. The zero-order chi connectivity index (χ0) is 6.81. The summed E-state index contributed by atoms with van der Waals surface area (Å²) in [6.07, 6.45) is 1.08. The second-order valence-corrected chi connectivity index (χ2v) is 2.53. The summed E-state index contributed by atoms with van der Waals surface area (Å²) in [4.78, 5) is 0. The number of nitrogens with zero attached hydrogens (tertiary/aromatic N) is 1. The lowest BCUT2D eigenvalue weighted by Gasteiger charge is -2.13. The normalized spacial score (nSPS) is 16.4. The van der Waals surface area contributed by atoms with Gasteiger partial charge < -0.3 is 0 Å². The molecular weight excluding hydrogens is 122 g/mol. The maximum atomic E-state index is 4.30. The molecule has 1 aromatic carbocycles. The number of rotatable bonds is 0. The molecule has 0 saturated carbocycles. The van der Waals surface area contributed by atoms with Crippen LogP contribution >= 0.6 is 0 Å². The van der Waals surface area contributed by atoms with Gasteiger partial charge in [-0.25, -0.2) is 5.32 Å². The first kappa shape index (κ1) is 5.93. The number of hydrogen-bond donors (Lipinski definition) is 0. The lowest BCUT2D eigenvalue weighted by molar-refractivity contribution is 0.629. The van der Waals surface area contributed by atoms with E-state index < -0.39 is 0 Å². The van der Waals surface area contributed by atoms with Crippen LogP contribution in [0, 0.1) is 6.07 Å². The van der Waals surface area contributed by atoms with Gasteiger partial charge in [-0.3, -0.25) is 0 Å². The molecule has 0 spiro atoms. The Hall–Kier alpha value is -0.820. The highest BCUT2D eigenvalue weighted by molar-refractivity contribution is 5.27. The summed E-state index contributed by atoms with van der Waals surface area (Å²) in [6, 6.07) is 9.37. The van der Waals surface area contributed by atoms with E-state index in [1.165, 1.54) is 11.1 Å². The Morgan fingerprint density at radius 2 is 2.50 bits per heavy atom. The first-order valence-electron chi connectivity index (χ1n) is 3.58. The van der Waals surface area contributed by atoms with Crippen molar-refractivity contribution in [2.45, 2.75) is 13.0 Å². The monoisotopic (exact) mass is 131 g/mol. The smallest absolute Gasteiger partial charge is 0.0387 e. The molecule has 2 radical (unpaired) electrons. The van der Waals surface area contributed by atoms with Gasteiger partial charge in [0.15, 0.2) is 0 Å². The van der Waals surface area contributed by atoms with Gasteiger partial charge in [-0.15, -0.1) is 0 Å². The predicted molar refractivity (Wildman–Crippen MR) is 39.7 cm³/mol. The van der Waals surface area contributed by atoms with Crippen molar-refractivity contribution in [3.8, 4) is 0 Å². The molecule has 0 N–H and O–H groups in total. The molecule has 1 aromatic rings. The van der Waals surface area contributed by atoms with E-state index in [1.54, 1.807) is 0 Å². The zero-order valence-corrected chi connectivity index (χ0v) is 5.80. The average Bonchev–Trinajstić information content (AvgIpc) is 2.05. The summed E-state index contributed by atoms with van der Waals surface area (Å²) in [7, 11) is 0. The van der Waals surface area contributed by atoms with Gasteiger partial charge in [0.25, 0.3) is 0 Å². The fourth-order valence-corrected chi connectivity index (χ4v) is 1.28. The van der Waals surface area contributed by atoms with Gasteiger partial charge in [0, 0.05) is 13.1 Å². The molecule has 0 bridgehead atoms. The van der Waals surface area contributed by atoms with Crippen molar-refractivity contribution in [3.63, 3.8) is 0 Å². The molecular formula is C9H9N. The van der Waals surface area contributed by atoms with Gasteiger partial charge in [-0.05, 0) is 23.6 Å². The van der Waals surface area contributed by atoms with Crippen LogP contribution < -0.4 is 5.32 Å². The Morgan fingerprint density at radius 3 is 3.40 bits per heavy atom. The van der Waals surface area contributed by atoms with E-state index in [0.29, 0.717) is 0 Å². The lowest BCUT2D eigenvalue weighted by atomic mass is 10.0. The minimum atomic E-state index is 0.896. The third-order valence-electron chi connectivity index (χ3n) is 1.84. The predicted octanol–water partition coefficient (Wildman–Crippen LogP) is 1.15. The van der Waals surface area contributed by atoms with Gasteiger partial charge in [-0.1, -0.05) is 18.2 Å². The van der Waals surface area contributed by atoms with Gasteiger partial charge in [0.1, 0.15) is 0 Å². The molecule has 0 unspecified atom stereocenters. The van der Waals surface area contributed by atoms with Crippen molar-refractivity contribution >= 4 is 0 Å². The summed E-state index contributed by atoms with van der Waals surface area (Å²) in [6.45, 7) is 1.88. The summed E-state index contributed by atoms with van der Waals surface area (Å²) in [5, 5.41) is 4.30. The van der Waals surface area contributed by atoms with E-state index in [2.05, 4.69) is 17.4 Å². The Bertz CT molecular complexity index is 205. The van der Waals surface area contributed by atoms with Gasteiger partial charge in [0.05, 0.1) is 0 Å². The van der Waals surface area contributed by atoms with E-state index in [0.717, 1.165) is 19.5 Å². The fourth-order valence-electron chi connectivity index (χ4n) is 1.28. The Morgan fingerprint density at radius 1 is 1.50 bits per heavy atom. The lowest BCUT2D eigenvalue weighted by Crippen LogP contribution is -2.17. The quantitative estimate of drug-likeness (QED) is 0.501. The molecule has 0 amide bonds. The second-order valence-electron chi connectivity index (χ2n) is 2.53. The number of hydrogen-bond acceptors (Lipinski definition) is 0. The molecule has 2 rings (SSSR count). The topological polar surface area (TPSA) is 14.1 Å². The fraction of sp³-hybridized carbons (Fsp3) is 0.333. The molecule has 0 aromatic heterocycles. The third-order valence-corrected chi connectivity index (χ3v) is 1.84. The van der Waals surface area contributed by atoms with Crippen LogP contribution in [0.15, 0.2) is 18.2 Å². The van der Waals surface area contributed by atoms with Crippen LogP contribution in [-0.2, 0) is 13.0 Å². The third kappa shape index (κ3) is 0.929.